The summed E-state index contributed by atoms with van der Waals surface area (Å²) in [7, 11) is 0. The third-order valence-corrected chi connectivity index (χ3v) is 2.86. The largest absolute Gasteiger partial charge is 0.416 e. The Balaban J connectivity index is 2.23. The Labute approximate surface area is 102 Å². The van der Waals surface area contributed by atoms with Crippen LogP contribution in [0.15, 0.2) is 18.3 Å². The van der Waals surface area contributed by atoms with Gasteiger partial charge in [-0.2, -0.15) is 13.2 Å². The standard InChI is InChI=1S/C11H14F3N3O/c12-11(13,14)7-1-2-16-10(3-7)17-5-8(15)4-9(18)6-17/h1-3,8-9,18H,4-6,15H2/t8-,9+/m0/s1. The van der Waals surface area contributed by atoms with Crippen LogP contribution in [-0.2, 0) is 6.18 Å². The Kier molecular flexibility index (Phi) is 3.45. The maximum atomic E-state index is 12.6. The first-order chi connectivity index (χ1) is 8.36. The van der Waals surface area contributed by atoms with E-state index in [4.69, 9.17) is 5.73 Å². The highest BCUT2D eigenvalue weighted by Gasteiger charge is 2.32. The summed E-state index contributed by atoms with van der Waals surface area (Å²) in [6, 6.07) is 1.64. The Bertz CT molecular complexity index is 414. The fraction of sp³-hybridized carbons (Fsp3) is 0.545. The second-order valence-corrected chi connectivity index (χ2v) is 4.46. The molecule has 0 aliphatic carbocycles. The summed E-state index contributed by atoms with van der Waals surface area (Å²) in [5.74, 6) is 0.194. The predicted molar refractivity (Wildman–Crippen MR) is 60.1 cm³/mol. The Morgan fingerprint density at radius 2 is 2.11 bits per heavy atom. The van der Waals surface area contributed by atoms with E-state index in [9.17, 15) is 18.3 Å². The number of anilines is 1. The number of β-amino-alcohol motifs (C(OH)–C–C–N with tert-alkyl or cyclic N) is 1. The number of pyridine rings is 1. The molecule has 2 heterocycles. The Morgan fingerprint density at radius 3 is 2.72 bits per heavy atom. The van der Waals surface area contributed by atoms with Crippen molar-refractivity contribution in [3.63, 3.8) is 0 Å². The molecule has 1 aromatic rings. The zero-order valence-corrected chi connectivity index (χ0v) is 9.56. The first-order valence-corrected chi connectivity index (χ1v) is 5.58. The van der Waals surface area contributed by atoms with Gasteiger partial charge in [-0.1, -0.05) is 0 Å². The van der Waals surface area contributed by atoms with E-state index < -0.39 is 17.8 Å². The molecule has 18 heavy (non-hydrogen) atoms. The van der Waals surface area contributed by atoms with Gasteiger partial charge >= 0.3 is 6.18 Å². The van der Waals surface area contributed by atoms with Crippen LogP contribution >= 0.6 is 0 Å². The summed E-state index contributed by atoms with van der Waals surface area (Å²) in [6.07, 6.45) is -3.46. The molecule has 1 fully saturated rings. The summed E-state index contributed by atoms with van der Waals surface area (Å²) >= 11 is 0. The molecule has 3 N–H and O–H groups in total. The number of piperidine rings is 1. The van der Waals surface area contributed by atoms with Crippen LogP contribution in [0.25, 0.3) is 0 Å². The quantitative estimate of drug-likeness (QED) is 0.791. The average Bonchev–Trinajstić information content (AvgIpc) is 2.27. The monoisotopic (exact) mass is 261 g/mol. The zero-order valence-electron chi connectivity index (χ0n) is 9.56. The number of hydrogen-bond acceptors (Lipinski definition) is 4. The predicted octanol–water partition coefficient (Wildman–Crippen LogP) is 0.999. The van der Waals surface area contributed by atoms with Gasteiger partial charge in [0.25, 0.3) is 0 Å². The SMILES string of the molecule is N[C@H]1C[C@@H](O)CN(c2cc(C(F)(F)F)ccn2)C1. The minimum absolute atomic E-state index is 0.194. The number of alkyl halides is 3. The van der Waals surface area contributed by atoms with Crippen molar-refractivity contribution in [1.82, 2.24) is 4.98 Å². The van der Waals surface area contributed by atoms with Gasteiger partial charge in [-0.3, -0.25) is 0 Å². The van der Waals surface area contributed by atoms with Gasteiger partial charge in [0, 0.05) is 25.3 Å². The lowest BCUT2D eigenvalue weighted by atomic mass is 10.0. The normalized spacial score (nSPS) is 25.3. The van der Waals surface area contributed by atoms with E-state index in [1.54, 1.807) is 4.90 Å². The molecule has 0 aromatic carbocycles. The molecule has 1 aliphatic heterocycles. The molecule has 7 heteroatoms. The second kappa shape index (κ2) is 4.74. The van der Waals surface area contributed by atoms with Gasteiger partial charge in [0.05, 0.1) is 11.7 Å². The fourth-order valence-corrected chi connectivity index (χ4v) is 2.07. The Morgan fingerprint density at radius 1 is 1.39 bits per heavy atom. The number of aliphatic hydroxyl groups is 1. The van der Waals surface area contributed by atoms with Crippen molar-refractivity contribution in [2.75, 3.05) is 18.0 Å². The lowest BCUT2D eigenvalue weighted by Crippen LogP contribution is -2.49. The molecule has 0 amide bonds. The van der Waals surface area contributed by atoms with Crippen LogP contribution in [-0.4, -0.2) is 35.3 Å². The van der Waals surface area contributed by atoms with Gasteiger partial charge in [0.2, 0.25) is 0 Å². The summed E-state index contributed by atoms with van der Waals surface area (Å²) < 4.78 is 37.7. The maximum absolute atomic E-state index is 12.6. The first-order valence-electron chi connectivity index (χ1n) is 5.58. The molecule has 0 saturated carbocycles. The molecule has 1 saturated heterocycles. The fourth-order valence-electron chi connectivity index (χ4n) is 2.07. The molecule has 0 spiro atoms. The van der Waals surface area contributed by atoms with Crippen LogP contribution in [0.5, 0.6) is 0 Å². The highest BCUT2D eigenvalue weighted by Crippen LogP contribution is 2.31. The van der Waals surface area contributed by atoms with Crippen LogP contribution in [0.2, 0.25) is 0 Å². The van der Waals surface area contributed by atoms with E-state index in [1.165, 1.54) is 0 Å². The van der Waals surface area contributed by atoms with E-state index in [0.717, 1.165) is 18.3 Å². The van der Waals surface area contributed by atoms with E-state index in [-0.39, 0.29) is 18.4 Å². The highest BCUT2D eigenvalue weighted by atomic mass is 19.4. The summed E-state index contributed by atoms with van der Waals surface area (Å²) in [5.41, 5.74) is 4.98. The van der Waals surface area contributed by atoms with Crippen molar-refractivity contribution >= 4 is 5.82 Å². The van der Waals surface area contributed by atoms with Gasteiger partial charge < -0.3 is 15.7 Å². The van der Waals surface area contributed by atoms with Gasteiger partial charge in [-0.25, -0.2) is 4.98 Å². The van der Waals surface area contributed by atoms with Crippen molar-refractivity contribution in [1.29, 1.82) is 0 Å². The second-order valence-electron chi connectivity index (χ2n) is 4.46. The smallest absolute Gasteiger partial charge is 0.391 e. The van der Waals surface area contributed by atoms with Crippen LogP contribution < -0.4 is 10.6 Å². The summed E-state index contributed by atoms with van der Waals surface area (Å²) in [4.78, 5) is 5.48. The lowest BCUT2D eigenvalue weighted by molar-refractivity contribution is -0.137. The number of aliphatic hydroxyl groups excluding tert-OH is 1. The van der Waals surface area contributed by atoms with Crippen LogP contribution in [0.4, 0.5) is 19.0 Å². The summed E-state index contributed by atoms with van der Waals surface area (Å²) in [5, 5.41) is 9.57. The zero-order chi connectivity index (χ0) is 13.3. The number of hydrogen-bond donors (Lipinski definition) is 2. The van der Waals surface area contributed by atoms with E-state index >= 15 is 0 Å². The molecule has 4 nitrogen and oxygen atoms in total. The van der Waals surface area contributed by atoms with Crippen molar-refractivity contribution in [2.24, 2.45) is 5.73 Å². The molecule has 100 valence electrons. The topological polar surface area (TPSA) is 62.4 Å². The maximum Gasteiger partial charge on any atom is 0.416 e. The number of nitrogens with two attached hydrogens (primary N) is 1. The van der Waals surface area contributed by atoms with Crippen LogP contribution in [0.1, 0.15) is 12.0 Å². The van der Waals surface area contributed by atoms with E-state index in [1.807, 2.05) is 0 Å². The average molecular weight is 261 g/mol. The number of aromatic nitrogens is 1. The number of halogens is 3. The molecule has 1 aromatic heterocycles. The first kappa shape index (κ1) is 13.1. The molecule has 0 unspecified atom stereocenters. The third kappa shape index (κ3) is 2.91. The number of rotatable bonds is 1. The molecule has 0 bridgehead atoms. The van der Waals surface area contributed by atoms with Crippen molar-refractivity contribution in [2.45, 2.75) is 24.7 Å². The minimum atomic E-state index is -4.39. The van der Waals surface area contributed by atoms with Crippen molar-refractivity contribution in [3.05, 3.63) is 23.9 Å². The Hall–Kier alpha value is -1.34. The van der Waals surface area contributed by atoms with Gasteiger partial charge in [0.1, 0.15) is 5.82 Å². The van der Waals surface area contributed by atoms with Gasteiger partial charge in [-0.05, 0) is 18.6 Å². The molecule has 2 rings (SSSR count). The molecule has 0 radical (unpaired) electrons. The molecule has 1 aliphatic rings. The van der Waals surface area contributed by atoms with Crippen LogP contribution in [0.3, 0.4) is 0 Å². The summed E-state index contributed by atoms with van der Waals surface area (Å²) in [6.45, 7) is 0.646. The van der Waals surface area contributed by atoms with E-state index in [2.05, 4.69) is 4.98 Å². The number of nitrogens with zero attached hydrogens (tertiary/aromatic N) is 2. The third-order valence-electron chi connectivity index (χ3n) is 2.86. The molecular weight excluding hydrogens is 247 g/mol. The highest BCUT2D eigenvalue weighted by molar-refractivity contribution is 5.42. The molecule has 2 atom stereocenters. The van der Waals surface area contributed by atoms with E-state index in [0.29, 0.717) is 13.0 Å². The molecular formula is C11H14F3N3O. The minimum Gasteiger partial charge on any atom is -0.391 e. The van der Waals surface area contributed by atoms with Gasteiger partial charge in [-0.15, -0.1) is 0 Å². The van der Waals surface area contributed by atoms with Crippen molar-refractivity contribution < 1.29 is 18.3 Å². The lowest BCUT2D eigenvalue weighted by Gasteiger charge is -2.34. The van der Waals surface area contributed by atoms with Crippen molar-refractivity contribution in [3.8, 4) is 0 Å². The van der Waals surface area contributed by atoms with Crippen LogP contribution in [0, 0.1) is 0 Å². The van der Waals surface area contributed by atoms with Gasteiger partial charge in [0.15, 0.2) is 0 Å².